The fourth-order valence-corrected chi connectivity index (χ4v) is 8.23. The van der Waals surface area contributed by atoms with Crippen LogP contribution in [0, 0.1) is 11.8 Å². The number of aryl methyl sites for hydroxylation is 2. The summed E-state index contributed by atoms with van der Waals surface area (Å²) in [4.78, 5) is 29.4. The number of nitrogens with zero attached hydrogens (tertiary/aromatic N) is 2. The van der Waals surface area contributed by atoms with Gasteiger partial charge < -0.3 is 15.5 Å². The molecule has 2 atom stereocenters. The van der Waals surface area contributed by atoms with Crippen LogP contribution >= 0.6 is 43.5 Å². The minimum Gasteiger partial charge on any atom is -0.343 e. The van der Waals surface area contributed by atoms with Crippen LogP contribution in [0.15, 0.2) is 39.3 Å². The highest BCUT2D eigenvalue weighted by Gasteiger charge is 2.36. The van der Waals surface area contributed by atoms with E-state index in [0.29, 0.717) is 31.3 Å². The predicted octanol–water partition coefficient (Wildman–Crippen LogP) is 6.31. The smallest absolute Gasteiger partial charge is 0.239 e. The van der Waals surface area contributed by atoms with Crippen LogP contribution in [-0.2, 0) is 22.4 Å². The molecule has 0 saturated carbocycles. The van der Waals surface area contributed by atoms with Gasteiger partial charge in [0.2, 0.25) is 11.8 Å². The van der Waals surface area contributed by atoms with Crippen molar-refractivity contribution in [2.45, 2.75) is 63.8 Å². The molecular formula is C30H36Br2ClN3O2. The molecule has 5 rings (SSSR count). The number of benzene rings is 2. The Hall–Kier alpha value is -1.41. The first-order valence-electron chi connectivity index (χ1n) is 13.8. The molecule has 3 aliphatic rings. The second-order valence-corrected chi connectivity index (χ2v) is 13.5. The largest absolute Gasteiger partial charge is 0.343 e. The van der Waals surface area contributed by atoms with Gasteiger partial charge in [-0.15, -0.1) is 0 Å². The van der Waals surface area contributed by atoms with Gasteiger partial charge in [-0.05, 0) is 104 Å². The third-order valence-electron chi connectivity index (χ3n) is 8.74. The van der Waals surface area contributed by atoms with E-state index in [1.807, 2.05) is 11.0 Å². The number of piperidine rings is 2. The summed E-state index contributed by atoms with van der Waals surface area (Å²) in [6.45, 7) is 4.75. The molecule has 0 bridgehead atoms. The van der Waals surface area contributed by atoms with Gasteiger partial charge in [-0.1, -0.05) is 49.5 Å². The van der Waals surface area contributed by atoms with E-state index in [4.69, 9.17) is 17.3 Å². The molecule has 2 N–H and O–H groups in total. The highest BCUT2D eigenvalue weighted by molar-refractivity contribution is 9.10. The van der Waals surface area contributed by atoms with Crippen molar-refractivity contribution in [2.75, 3.05) is 26.2 Å². The molecule has 8 heteroatoms. The standard InChI is InChI=1S/C30H36Br2ClN3O2/c1-18(34)30(38)36-10-6-19(7-11-36)14-27(37)35-12-8-20(9-13-35)28-25-5-4-23(31)15-21(25)2-3-22-16-24(33)17-26(32)29(22)28/h4-5,15-20,28H,2-3,6-14,34H2,1H3/t18-,28-/m0/s1. The van der Waals surface area contributed by atoms with E-state index in [1.54, 1.807) is 6.92 Å². The van der Waals surface area contributed by atoms with Crippen molar-refractivity contribution in [1.29, 1.82) is 0 Å². The highest BCUT2D eigenvalue weighted by atomic mass is 79.9. The van der Waals surface area contributed by atoms with Crippen LogP contribution in [-0.4, -0.2) is 53.8 Å². The lowest BCUT2D eigenvalue weighted by Gasteiger charge is -2.38. The summed E-state index contributed by atoms with van der Waals surface area (Å²) in [5.41, 5.74) is 11.3. The summed E-state index contributed by atoms with van der Waals surface area (Å²) in [5.74, 6) is 1.36. The van der Waals surface area contributed by atoms with Crippen LogP contribution in [0.3, 0.4) is 0 Å². The number of hydrogen-bond acceptors (Lipinski definition) is 3. The normalized spacial score (nSPS) is 21.4. The summed E-state index contributed by atoms with van der Waals surface area (Å²) in [6.07, 6.45) is 6.28. The van der Waals surface area contributed by atoms with Crippen LogP contribution in [0.5, 0.6) is 0 Å². The van der Waals surface area contributed by atoms with Gasteiger partial charge in [0.25, 0.3) is 0 Å². The monoisotopic (exact) mass is 663 g/mol. The summed E-state index contributed by atoms with van der Waals surface area (Å²) >= 11 is 14.0. The van der Waals surface area contributed by atoms with Gasteiger partial charge in [-0.25, -0.2) is 0 Å². The van der Waals surface area contributed by atoms with Gasteiger partial charge in [0.05, 0.1) is 6.04 Å². The summed E-state index contributed by atoms with van der Waals surface area (Å²) < 4.78 is 2.21. The van der Waals surface area contributed by atoms with E-state index in [0.717, 1.165) is 65.6 Å². The molecule has 204 valence electrons. The second kappa shape index (κ2) is 12.0. The molecule has 38 heavy (non-hydrogen) atoms. The zero-order valence-electron chi connectivity index (χ0n) is 21.9. The van der Waals surface area contributed by atoms with Crippen LogP contribution in [0.2, 0.25) is 5.02 Å². The zero-order chi connectivity index (χ0) is 27.0. The minimum atomic E-state index is -0.457. The first-order chi connectivity index (χ1) is 18.2. The van der Waals surface area contributed by atoms with Gasteiger partial charge in [0.1, 0.15) is 0 Å². The van der Waals surface area contributed by atoms with Crippen molar-refractivity contribution in [3.8, 4) is 0 Å². The molecule has 5 nitrogen and oxygen atoms in total. The molecular weight excluding hydrogens is 630 g/mol. The quantitative estimate of drug-likeness (QED) is 0.417. The molecule has 2 saturated heterocycles. The van der Waals surface area contributed by atoms with E-state index in [-0.39, 0.29) is 17.7 Å². The molecule has 2 amide bonds. The first-order valence-corrected chi connectivity index (χ1v) is 15.8. The number of carbonyl (C=O) groups is 2. The predicted molar refractivity (Wildman–Crippen MR) is 159 cm³/mol. The van der Waals surface area contributed by atoms with Gasteiger partial charge in [-0.3, -0.25) is 9.59 Å². The van der Waals surface area contributed by atoms with Gasteiger partial charge >= 0.3 is 0 Å². The van der Waals surface area contributed by atoms with Crippen LogP contribution in [0.4, 0.5) is 0 Å². The Balaban J connectivity index is 1.26. The van der Waals surface area contributed by atoms with E-state index in [2.05, 4.69) is 61.0 Å². The van der Waals surface area contributed by atoms with Gasteiger partial charge in [0.15, 0.2) is 0 Å². The summed E-state index contributed by atoms with van der Waals surface area (Å²) in [5, 5.41) is 0.773. The number of fused-ring (bicyclic) bond motifs is 2. The first kappa shape index (κ1) is 28.1. The average Bonchev–Trinajstić information content (AvgIpc) is 3.05. The maximum absolute atomic E-state index is 13.3. The number of likely N-dealkylation sites (tertiary alicyclic amines) is 2. The summed E-state index contributed by atoms with van der Waals surface area (Å²) in [6, 6.07) is 10.4. The van der Waals surface area contributed by atoms with Gasteiger partial charge in [-0.2, -0.15) is 0 Å². The molecule has 1 aliphatic carbocycles. The number of carbonyl (C=O) groups excluding carboxylic acids is 2. The molecule has 2 aromatic rings. The Labute approximate surface area is 247 Å². The number of rotatable bonds is 4. The average molecular weight is 666 g/mol. The number of halogens is 3. The molecule has 2 aliphatic heterocycles. The minimum absolute atomic E-state index is 0.0137. The van der Waals surface area contributed by atoms with Gasteiger partial charge in [0, 0.05) is 52.5 Å². The Morgan fingerprint density at radius 3 is 2.32 bits per heavy atom. The van der Waals surface area contributed by atoms with Crippen molar-refractivity contribution in [3.05, 3.63) is 66.6 Å². The lowest BCUT2D eigenvalue weighted by molar-refractivity contribution is -0.135. The van der Waals surface area contributed by atoms with Crippen molar-refractivity contribution >= 4 is 55.3 Å². The van der Waals surface area contributed by atoms with Crippen molar-refractivity contribution in [3.63, 3.8) is 0 Å². The van der Waals surface area contributed by atoms with E-state index < -0.39 is 6.04 Å². The number of amides is 2. The van der Waals surface area contributed by atoms with Crippen LogP contribution in [0.1, 0.15) is 67.2 Å². The number of hydrogen-bond donors (Lipinski definition) is 1. The molecule has 0 unspecified atom stereocenters. The Bertz CT molecular complexity index is 1200. The van der Waals surface area contributed by atoms with E-state index >= 15 is 0 Å². The molecule has 2 fully saturated rings. The van der Waals surface area contributed by atoms with E-state index in [1.165, 1.54) is 22.3 Å². The maximum Gasteiger partial charge on any atom is 0.239 e. The third-order valence-corrected chi connectivity index (χ3v) is 10.1. The zero-order valence-corrected chi connectivity index (χ0v) is 25.8. The SMILES string of the molecule is C[C@H](N)C(=O)N1CCC(CC(=O)N2CCC([C@H]3c4ccc(Br)cc4CCc4cc(Cl)cc(Br)c43)CC2)CC1. The fraction of sp³-hybridized carbons (Fsp3) is 0.533. The Kier molecular flexibility index (Phi) is 8.88. The van der Waals surface area contributed by atoms with Crippen molar-refractivity contribution < 1.29 is 9.59 Å². The molecule has 0 spiro atoms. The van der Waals surface area contributed by atoms with Crippen LogP contribution in [0.25, 0.3) is 0 Å². The van der Waals surface area contributed by atoms with Crippen molar-refractivity contribution in [2.24, 2.45) is 17.6 Å². The Morgan fingerprint density at radius 2 is 1.63 bits per heavy atom. The fourth-order valence-electron chi connectivity index (χ4n) is 6.71. The third kappa shape index (κ3) is 6.01. The van der Waals surface area contributed by atoms with E-state index in [9.17, 15) is 9.59 Å². The molecule has 2 heterocycles. The topological polar surface area (TPSA) is 66.6 Å². The Morgan fingerprint density at radius 1 is 0.974 bits per heavy atom. The lowest BCUT2D eigenvalue weighted by Crippen LogP contribution is -2.46. The number of nitrogens with two attached hydrogens (primary N) is 1. The highest BCUT2D eigenvalue weighted by Crippen LogP contribution is 2.47. The van der Waals surface area contributed by atoms with Crippen molar-refractivity contribution in [1.82, 2.24) is 9.80 Å². The molecule has 0 radical (unpaired) electrons. The molecule has 0 aromatic heterocycles. The molecule has 2 aromatic carbocycles. The summed E-state index contributed by atoms with van der Waals surface area (Å²) in [7, 11) is 0. The lowest BCUT2D eigenvalue weighted by atomic mass is 9.74. The van der Waals surface area contributed by atoms with Crippen LogP contribution < -0.4 is 5.73 Å². The second-order valence-electron chi connectivity index (χ2n) is 11.3. The maximum atomic E-state index is 13.3.